The minimum absolute atomic E-state index is 0.223. The van der Waals surface area contributed by atoms with E-state index in [1.165, 1.54) is 5.56 Å². The van der Waals surface area contributed by atoms with E-state index in [2.05, 4.69) is 4.90 Å². The highest BCUT2D eigenvalue weighted by molar-refractivity contribution is 6.30. The van der Waals surface area contributed by atoms with E-state index in [9.17, 15) is 4.79 Å². The largest absolute Gasteiger partial charge is 0.301 e. The van der Waals surface area contributed by atoms with E-state index in [-0.39, 0.29) is 11.2 Å². The third kappa shape index (κ3) is 4.49. The number of Topliss-reactive ketones (excluding diaryl/α,β-unsaturated/α-hetero) is 1. The molecule has 1 aromatic carbocycles. The van der Waals surface area contributed by atoms with Crippen LogP contribution in [0.1, 0.15) is 26.3 Å². The van der Waals surface area contributed by atoms with Crippen molar-refractivity contribution in [3.8, 4) is 0 Å². The minimum atomic E-state index is -0.291. The van der Waals surface area contributed by atoms with E-state index < -0.39 is 0 Å². The van der Waals surface area contributed by atoms with Crippen LogP contribution in [0, 0.1) is 5.41 Å². The lowest BCUT2D eigenvalue weighted by Gasteiger charge is -2.28. The van der Waals surface area contributed by atoms with Gasteiger partial charge in [0.2, 0.25) is 0 Å². The van der Waals surface area contributed by atoms with Gasteiger partial charge in [0.1, 0.15) is 5.78 Å². The fraction of sp³-hybridized carbons (Fsp3) is 0.500. The Morgan fingerprint density at radius 1 is 1.29 bits per heavy atom. The van der Waals surface area contributed by atoms with E-state index in [0.717, 1.165) is 18.1 Å². The van der Waals surface area contributed by atoms with Crippen molar-refractivity contribution in [3.05, 3.63) is 34.9 Å². The van der Waals surface area contributed by atoms with Gasteiger partial charge < -0.3 is 4.90 Å². The quantitative estimate of drug-likeness (QED) is 0.802. The Labute approximate surface area is 109 Å². The van der Waals surface area contributed by atoms with Gasteiger partial charge >= 0.3 is 0 Å². The standard InChI is InChI=1S/C14H20ClNO/c1-11(17)14(2,3)10-16(4)9-12-5-7-13(15)8-6-12/h5-8H,9-10H2,1-4H3. The maximum atomic E-state index is 11.5. The Balaban J connectivity index is 2.58. The number of nitrogens with zero attached hydrogens (tertiary/aromatic N) is 1. The smallest absolute Gasteiger partial charge is 0.136 e. The highest BCUT2D eigenvalue weighted by atomic mass is 35.5. The number of hydrogen-bond acceptors (Lipinski definition) is 2. The summed E-state index contributed by atoms with van der Waals surface area (Å²) < 4.78 is 0. The zero-order chi connectivity index (χ0) is 13.1. The Hall–Kier alpha value is -0.860. The molecule has 3 heteroatoms. The number of carbonyl (C=O) groups excluding carboxylic acids is 1. The Morgan fingerprint density at radius 2 is 1.82 bits per heavy atom. The molecule has 0 aliphatic carbocycles. The average Bonchev–Trinajstić information content (AvgIpc) is 2.20. The first-order chi connectivity index (χ1) is 7.81. The van der Waals surface area contributed by atoms with Crippen LogP contribution in [0.3, 0.4) is 0 Å². The Kier molecular flexibility index (Phi) is 4.72. The molecule has 2 nitrogen and oxygen atoms in total. The molecule has 0 aliphatic heterocycles. The molecule has 94 valence electrons. The van der Waals surface area contributed by atoms with Crippen molar-refractivity contribution in [2.75, 3.05) is 13.6 Å². The molecule has 1 rings (SSSR count). The number of ketones is 1. The van der Waals surface area contributed by atoms with Crippen LogP contribution in [0.25, 0.3) is 0 Å². The van der Waals surface area contributed by atoms with Crippen LogP contribution in [-0.4, -0.2) is 24.3 Å². The molecule has 0 fully saturated rings. The second kappa shape index (κ2) is 5.65. The fourth-order valence-corrected chi connectivity index (χ4v) is 1.87. The van der Waals surface area contributed by atoms with Gasteiger partial charge in [0.25, 0.3) is 0 Å². The predicted octanol–water partition coefficient (Wildman–Crippen LogP) is 3.39. The van der Waals surface area contributed by atoms with Crippen LogP contribution in [0.5, 0.6) is 0 Å². The lowest BCUT2D eigenvalue weighted by molar-refractivity contribution is -0.125. The lowest BCUT2D eigenvalue weighted by atomic mass is 9.88. The van der Waals surface area contributed by atoms with Crippen LogP contribution >= 0.6 is 11.6 Å². The summed E-state index contributed by atoms with van der Waals surface area (Å²) in [6.07, 6.45) is 0. The van der Waals surface area contributed by atoms with Crippen LogP contribution < -0.4 is 0 Å². The van der Waals surface area contributed by atoms with E-state index >= 15 is 0 Å². The highest BCUT2D eigenvalue weighted by Gasteiger charge is 2.25. The molecule has 1 aromatic rings. The van der Waals surface area contributed by atoms with Crippen LogP contribution in [0.4, 0.5) is 0 Å². The molecule has 0 aromatic heterocycles. The van der Waals surface area contributed by atoms with Crippen LogP contribution in [0.15, 0.2) is 24.3 Å². The van der Waals surface area contributed by atoms with Gasteiger partial charge in [0, 0.05) is 23.5 Å². The van der Waals surface area contributed by atoms with Gasteiger partial charge in [-0.05, 0) is 31.7 Å². The number of benzene rings is 1. The van der Waals surface area contributed by atoms with E-state index in [4.69, 9.17) is 11.6 Å². The summed E-state index contributed by atoms with van der Waals surface area (Å²) in [4.78, 5) is 13.6. The molecule has 17 heavy (non-hydrogen) atoms. The third-order valence-electron chi connectivity index (χ3n) is 2.98. The van der Waals surface area contributed by atoms with E-state index in [1.54, 1.807) is 6.92 Å². The first kappa shape index (κ1) is 14.2. The van der Waals surface area contributed by atoms with Crippen LogP contribution in [-0.2, 0) is 11.3 Å². The van der Waals surface area contributed by atoms with Crippen molar-refractivity contribution >= 4 is 17.4 Å². The summed E-state index contributed by atoms with van der Waals surface area (Å²) in [5.41, 5.74) is 0.914. The topological polar surface area (TPSA) is 20.3 Å². The monoisotopic (exact) mass is 253 g/mol. The number of halogens is 1. The van der Waals surface area contributed by atoms with Gasteiger partial charge in [-0.2, -0.15) is 0 Å². The van der Waals surface area contributed by atoms with Gasteiger partial charge in [-0.3, -0.25) is 4.79 Å². The molecule has 0 radical (unpaired) electrons. The maximum absolute atomic E-state index is 11.5. The van der Waals surface area contributed by atoms with Gasteiger partial charge in [0.15, 0.2) is 0 Å². The SMILES string of the molecule is CC(=O)C(C)(C)CN(C)Cc1ccc(Cl)cc1. The zero-order valence-electron chi connectivity index (χ0n) is 11.0. The zero-order valence-corrected chi connectivity index (χ0v) is 11.7. The maximum Gasteiger partial charge on any atom is 0.136 e. The molecular formula is C14H20ClNO. The summed E-state index contributed by atoms with van der Waals surface area (Å²) in [6.45, 7) is 7.19. The molecule has 0 amide bonds. The first-order valence-electron chi connectivity index (χ1n) is 5.75. The van der Waals surface area contributed by atoms with Crippen molar-refractivity contribution in [2.24, 2.45) is 5.41 Å². The van der Waals surface area contributed by atoms with Crippen molar-refractivity contribution in [3.63, 3.8) is 0 Å². The normalized spacial score (nSPS) is 11.9. The third-order valence-corrected chi connectivity index (χ3v) is 3.24. The number of rotatable bonds is 5. The molecule has 0 saturated heterocycles. The van der Waals surface area contributed by atoms with Gasteiger partial charge in [0.05, 0.1) is 0 Å². The van der Waals surface area contributed by atoms with Crippen molar-refractivity contribution in [2.45, 2.75) is 27.3 Å². The van der Waals surface area contributed by atoms with E-state index in [0.29, 0.717) is 0 Å². The molecule has 0 saturated carbocycles. The molecule has 0 unspecified atom stereocenters. The summed E-state index contributed by atoms with van der Waals surface area (Å²) in [6, 6.07) is 7.81. The average molecular weight is 254 g/mol. The Bertz CT molecular complexity index is 384. The van der Waals surface area contributed by atoms with Gasteiger partial charge in [-0.1, -0.05) is 37.6 Å². The molecule has 0 aliphatic rings. The van der Waals surface area contributed by atoms with Gasteiger partial charge in [-0.15, -0.1) is 0 Å². The minimum Gasteiger partial charge on any atom is -0.301 e. The molecule has 0 bridgehead atoms. The highest BCUT2D eigenvalue weighted by Crippen LogP contribution is 2.19. The summed E-state index contributed by atoms with van der Waals surface area (Å²) in [7, 11) is 2.03. The Morgan fingerprint density at radius 3 is 2.29 bits per heavy atom. The summed E-state index contributed by atoms with van der Waals surface area (Å²) in [5.74, 6) is 0.223. The van der Waals surface area contributed by atoms with Crippen molar-refractivity contribution < 1.29 is 4.79 Å². The van der Waals surface area contributed by atoms with Crippen molar-refractivity contribution in [1.82, 2.24) is 4.90 Å². The molecule has 0 N–H and O–H groups in total. The second-order valence-electron chi connectivity index (χ2n) is 5.24. The summed E-state index contributed by atoms with van der Waals surface area (Å²) in [5, 5.41) is 0.750. The molecular weight excluding hydrogens is 234 g/mol. The van der Waals surface area contributed by atoms with Gasteiger partial charge in [-0.25, -0.2) is 0 Å². The summed E-state index contributed by atoms with van der Waals surface area (Å²) >= 11 is 5.84. The second-order valence-corrected chi connectivity index (χ2v) is 5.68. The molecule has 0 atom stereocenters. The number of hydrogen-bond donors (Lipinski definition) is 0. The first-order valence-corrected chi connectivity index (χ1v) is 6.13. The molecule has 0 spiro atoms. The lowest BCUT2D eigenvalue weighted by Crippen LogP contribution is -2.35. The van der Waals surface area contributed by atoms with E-state index in [1.807, 2.05) is 45.2 Å². The molecule has 0 heterocycles. The fourth-order valence-electron chi connectivity index (χ4n) is 1.74. The number of carbonyl (C=O) groups is 1. The predicted molar refractivity (Wildman–Crippen MR) is 72.2 cm³/mol. The van der Waals surface area contributed by atoms with Crippen molar-refractivity contribution in [1.29, 1.82) is 0 Å². The van der Waals surface area contributed by atoms with Crippen LogP contribution in [0.2, 0.25) is 5.02 Å².